The van der Waals surface area contributed by atoms with Gasteiger partial charge in [0.15, 0.2) is 0 Å². The van der Waals surface area contributed by atoms with Crippen molar-refractivity contribution in [2.75, 3.05) is 25.5 Å². The maximum Gasteiger partial charge on any atom is 0.333 e. The topological polar surface area (TPSA) is 126 Å². The minimum atomic E-state index is -3.97. The Morgan fingerprint density at radius 1 is 1.11 bits per heavy atom. The van der Waals surface area contributed by atoms with E-state index in [0.29, 0.717) is 11.2 Å². The molecule has 0 radical (unpaired) electrons. The van der Waals surface area contributed by atoms with Gasteiger partial charge >= 0.3 is 6.03 Å². The van der Waals surface area contributed by atoms with Crippen LogP contribution in [0.25, 0.3) is 16.6 Å². The zero-order valence-corrected chi connectivity index (χ0v) is 21.1. The quantitative estimate of drug-likeness (QED) is 0.415. The third kappa shape index (κ3) is 4.60. The molecule has 0 saturated heterocycles. The Morgan fingerprint density at radius 3 is 2.61 bits per heavy atom. The van der Waals surface area contributed by atoms with Crippen molar-refractivity contribution < 1.29 is 13.2 Å². The predicted octanol–water partition coefficient (Wildman–Crippen LogP) is 2.96. The van der Waals surface area contributed by atoms with Crippen LogP contribution in [0.2, 0.25) is 0 Å². The molecule has 36 heavy (non-hydrogen) atoms. The summed E-state index contributed by atoms with van der Waals surface area (Å²) in [5.74, 6) is 1.27. The van der Waals surface area contributed by atoms with Gasteiger partial charge in [-0.3, -0.25) is 14.4 Å². The first-order chi connectivity index (χ1) is 17.2. The number of rotatable bonds is 5. The lowest BCUT2D eigenvalue weighted by molar-refractivity contribution is 0.256. The number of hydrogen-bond donors (Lipinski definition) is 2. The third-order valence-corrected chi connectivity index (χ3v) is 8.50. The molecule has 1 aliphatic rings. The van der Waals surface area contributed by atoms with E-state index in [1.165, 1.54) is 22.9 Å². The van der Waals surface area contributed by atoms with Gasteiger partial charge in [0.25, 0.3) is 15.6 Å². The molecular formula is C24H22N6O4S2. The molecule has 0 atom stereocenters. The minimum Gasteiger partial charge on any atom is -0.358 e. The second kappa shape index (κ2) is 9.21. The molecule has 0 aliphatic carbocycles. The van der Waals surface area contributed by atoms with Crippen molar-refractivity contribution in [2.45, 2.75) is 11.1 Å². The molecule has 0 unspecified atom stereocenters. The molecule has 0 spiro atoms. The highest BCUT2D eigenvalue weighted by Gasteiger charge is 2.20. The zero-order chi connectivity index (χ0) is 25.4. The van der Waals surface area contributed by atoms with Gasteiger partial charge in [0, 0.05) is 35.6 Å². The summed E-state index contributed by atoms with van der Waals surface area (Å²) in [7, 11) is -1.98. The number of thiophene rings is 1. The molecule has 4 aromatic rings. The lowest BCUT2D eigenvalue weighted by Gasteiger charge is -2.14. The van der Waals surface area contributed by atoms with Crippen LogP contribution in [0.15, 0.2) is 74.9 Å². The van der Waals surface area contributed by atoms with Crippen LogP contribution < -0.4 is 15.6 Å². The number of aliphatic imine (C=N–C) groups is 1. The fourth-order valence-corrected chi connectivity index (χ4v) is 6.09. The normalized spacial score (nSPS) is 13.6. The lowest BCUT2D eigenvalue weighted by atomic mass is 10.1. The van der Waals surface area contributed by atoms with Gasteiger partial charge in [-0.2, -0.15) is 0 Å². The number of likely N-dealkylation sites (N-methyl/N-ethyl adjacent to an activating group) is 1. The lowest BCUT2D eigenvalue weighted by Crippen LogP contribution is -2.34. The van der Waals surface area contributed by atoms with Crippen molar-refractivity contribution in [1.29, 1.82) is 0 Å². The van der Waals surface area contributed by atoms with E-state index in [4.69, 9.17) is 0 Å². The van der Waals surface area contributed by atoms with Gasteiger partial charge in [0.1, 0.15) is 15.9 Å². The zero-order valence-electron chi connectivity index (χ0n) is 19.4. The summed E-state index contributed by atoms with van der Waals surface area (Å²) in [6.45, 7) is 3.41. The highest BCUT2D eigenvalue weighted by molar-refractivity contribution is 7.92. The summed E-state index contributed by atoms with van der Waals surface area (Å²) in [6.07, 6.45) is 3.00. The van der Waals surface area contributed by atoms with Crippen molar-refractivity contribution in [3.8, 4) is 5.82 Å². The predicted molar refractivity (Wildman–Crippen MR) is 140 cm³/mol. The Morgan fingerprint density at radius 2 is 1.94 bits per heavy atom. The molecule has 2 N–H and O–H groups in total. The van der Waals surface area contributed by atoms with E-state index in [2.05, 4.69) is 20.2 Å². The van der Waals surface area contributed by atoms with Gasteiger partial charge in [-0.1, -0.05) is 6.07 Å². The molecule has 10 nitrogen and oxygen atoms in total. The molecule has 184 valence electrons. The van der Waals surface area contributed by atoms with Crippen LogP contribution in [-0.4, -0.2) is 54.9 Å². The van der Waals surface area contributed by atoms with E-state index in [-0.39, 0.29) is 15.5 Å². The SMILES string of the molecule is Cc1ccc(S(=O)(=O)NC(=O)Nc2ccc(-n3ccc4cc(C5=NCCN5C)ccc4c3=O)nc2)s1. The van der Waals surface area contributed by atoms with Crippen molar-refractivity contribution in [2.24, 2.45) is 4.99 Å². The number of pyridine rings is 2. The first-order valence-electron chi connectivity index (χ1n) is 11.0. The minimum absolute atomic E-state index is 0.0506. The second-order valence-corrected chi connectivity index (χ2v) is 11.4. The van der Waals surface area contributed by atoms with Gasteiger partial charge in [0.05, 0.1) is 18.4 Å². The highest BCUT2D eigenvalue weighted by Crippen LogP contribution is 2.21. The number of fused-ring (bicyclic) bond motifs is 1. The van der Waals surface area contributed by atoms with Crippen LogP contribution >= 0.6 is 11.3 Å². The number of nitrogens with one attached hydrogen (secondary N) is 2. The van der Waals surface area contributed by atoms with Gasteiger partial charge in [-0.15, -0.1) is 11.3 Å². The molecular weight excluding hydrogens is 500 g/mol. The molecule has 4 heterocycles. The van der Waals surface area contributed by atoms with E-state index in [1.54, 1.807) is 31.3 Å². The fourth-order valence-electron chi connectivity index (χ4n) is 3.90. The average molecular weight is 523 g/mol. The van der Waals surface area contributed by atoms with Crippen LogP contribution in [0, 0.1) is 6.92 Å². The summed E-state index contributed by atoms with van der Waals surface area (Å²) < 4.78 is 28.1. The van der Waals surface area contributed by atoms with Crippen LogP contribution in [0.3, 0.4) is 0 Å². The number of amidine groups is 1. The molecule has 0 fully saturated rings. The Bertz CT molecular complexity index is 1670. The number of aryl methyl sites for hydroxylation is 1. The molecule has 3 aromatic heterocycles. The number of anilines is 1. The van der Waals surface area contributed by atoms with Crippen LogP contribution in [0.4, 0.5) is 10.5 Å². The number of urea groups is 1. The van der Waals surface area contributed by atoms with E-state index in [0.717, 1.165) is 46.1 Å². The number of sulfonamides is 1. The molecule has 2 amide bonds. The largest absolute Gasteiger partial charge is 0.358 e. The summed E-state index contributed by atoms with van der Waals surface area (Å²) >= 11 is 1.07. The van der Waals surface area contributed by atoms with Gasteiger partial charge in [-0.25, -0.2) is 22.9 Å². The number of nitrogens with zero attached hydrogens (tertiary/aromatic N) is 4. The molecule has 1 aromatic carbocycles. The van der Waals surface area contributed by atoms with Crippen LogP contribution in [0.1, 0.15) is 10.4 Å². The summed E-state index contributed by atoms with van der Waals surface area (Å²) in [5, 5.41) is 3.79. The Kier molecular flexibility index (Phi) is 6.06. The number of benzene rings is 1. The number of aromatic nitrogens is 2. The molecule has 1 aliphatic heterocycles. The summed E-state index contributed by atoms with van der Waals surface area (Å²) in [4.78, 5) is 37.0. The van der Waals surface area contributed by atoms with Crippen molar-refractivity contribution >= 4 is 49.7 Å². The van der Waals surface area contributed by atoms with Gasteiger partial charge in [0.2, 0.25) is 0 Å². The highest BCUT2D eigenvalue weighted by atomic mass is 32.2. The number of carbonyl (C=O) groups excluding carboxylic acids is 1. The van der Waals surface area contributed by atoms with E-state index in [1.807, 2.05) is 30.0 Å². The molecule has 12 heteroatoms. The monoisotopic (exact) mass is 522 g/mol. The first kappa shape index (κ1) is 23.7. The maximum atomic E-state index is 13.1. The standard InChI is InChI=1S/C24H22N6O4S2/c1-15-3-8-21(35-15)36(33,34)28-24(32)27-18-5-7-20(26-14-18)30-11-9-16-13-17(4-6-19(16)23(30)31)22-25-10-12-29(22)2/h3-9,11,13-14H,10,12H2,1-2H3,(H2,27,28,32). The average Bonchev–Trinajstić information content (AvgIpc) is 3.48. The van der Waals surface area contributed by atoms with Gasteiger partial charge < -0.3 is 10.2 Å². The van der Waals surface area contributed by atoms with Crippen molar-refractivity contribution in [3.05, 3.63) is 81.7 Å². The Labute approximate surface area is 211 Å². The Balaban J connectivity index is 1.33. The molecule has 5 rings (SSSR count). The first-order valence-corrected chi connectivity index (χ1v) is 13.3. The summed E-state index contributed by atoms with van der Waals surface area (Å²) in [5.41, 5.74) is 1.00. The van der Waals surface area contributed by atoms with Crippen molar-refractivity contribution in [1.82, 2.24) is 19.2 Å². The van der Waals surface area contributed by atoms with Crippen LogP contribution in [-0.2, 0) is 10.0 Å². The Hall–Kier alpha value is -4.03. The fraction of sp³-hybridized carbons (Fsp3) is 0.167. The number of carbonyl (C=O) groups is 1. The number of hydrogen-bond acceptors (Lipinski definition) is 8. The summed E-state index contributed by atoms with van der Waals surface area (Å²) in [6, 6.07) is 12.8. The van der Waals surface area contributed by atoms with E-state index in [9.17, 15) is 18.0 Å². The number of amides is 2. The molecule has 0 saturated carbocycles. The van der Waals surface area contributed by atoms with Crippen molar-refractivity contribution in [3.63, 3.8) is 0 Å². The smallest absolute Gasteiger partial charge is 0.333 e. The van der Waals surface area contributed by atoms with Gasteiger partial charge in [-0.05, 0) is 54.8 Å². The van der Waals surface area contributed by atoms with E-state index < -0.39 is 16.1 Å². The molecule has 0 bridgehead atoms. The third-order valence-electron chi connectivity index (χ3n) is 5.68. The van der Waals surface area contributed by atoms with Crippen LogP contribution in [0.5, 0.6) is 0 Å². The van der Waals surface area contributed by atoms with E-state index >= 15 is 0 Å². The maximum absolute atomic E-state index is 13.1. The second-order valence-electron chi connectivity index (χ2n) is 8.25.